The van der Waals surface area contributed by atoms with Gasteiger partial charge in [0.15, 0.2) is 5.78 Å². The van der Waals surface area contributed by atoms with Crippen molar-refractivity contribution in [1.29, 1.82) is 0 Å². The fourth-order valence-electron chi connectivity index (χ4n) is 7.06. The Kier molecular flexibility index (Phi) is 5.72. The van der Waals surface area contributed by atoms with Gasteiger partial charge in [0.05, 0.1) is 18.8 Å². The maximum atomic E-state index is 13.1. The zero-order chi connectivity index (χ0) is 23.3. The molecule has 0 aromatic heterocycles. The molecule has 2 amide bonds. The molecule has 2 N–H and O–H groups in total. The minimum absolute atomic E-state index is 0.0212. The van der Waals surface area contributed by atoms with E-state index in [1.165, 1.54) is 14.0 Å². The van der Waals surface area contributed by atoms with Crippen LogP contribution in [-0.2, 0) is 28.7 Å². The van der Waals surface area contributed by atoms with E-state index in [4.69, 9.17) is 9.47 Å². The third kappa shape index (κ3) is 3.66. The summed E-state index contributed by atoms with van der Waals surface area (Å²) in [5, 5.41) is 5.34. The average molecular weight is 447 g/mol. The van der Waals surface area contributed by atoms with Gasteiger partial charge in [0.25, 0.3) is 0 Å². The van der Waals surface area contributed by atoms with Crippen molar-refractivity contribution in [3.63, 3.8) is 0 Å². The molecule has 2 saturated carbocycles. The molecule has 5 rings (SSSR count). The van der Waals surface area contributed by atoms with Gasteiger partial charge in [-0.2, -0.15) is 0 Å². The summed E-state index contributed by atoms with van der Waals surface area (Å²) in [7, 11) is 1.26. The summed E-state index contributed by atoms with van der Waals surface area (Å²) < 4.78 is 11.2. The van der Waals surface area contributed by atoms with Gasteiger partial charge in [0, 0.05) is 31.2 Å². The highest BCUT2D eigenvalue weighted by atomic mass is 16.5. The second kappa shape index (κ2) is 7.97. The summed E-state index contributed by atoms with van der Waals surface area (Å²) in [5.41, 5.74) is -0.789. The first-order valence-corrected chi connectivity index (χ1v) is 11.6. The molecule has 32 heavy (non-hydrogen) atoms. The van der Waals surface area contributed by atoms with Gasteiger partial charge in [0.2, 0.25) is 11.8 Å². The van der Waals surface area contributed by atoms with Gasteiger partial charge in [-0.15, -0.1) is 0 Å². The number of allylic oxidation sites excluding steroid dienone is 2. The average Bonchev–Trinajstić information content (AvgIpc) is 3.09. The number of methoxy groups -OCH3 is 1. The molecule has 4 bridgehead atoms. The van der Waals surface area contributed by atoms with Crippen LogP contribution in [0.3, 0.4) is 0 Å². The lowest BCUT2D eigenvalue weighted by atomic mass is 9.51. The summed E-state index contributed by atoms with van der Waals surface area (Å²) in [6.45, 7) is 5.82. The molecular formula is C24H34N2O6. The minimum atomic E-state index is -0.846. The topological polar surface area (TPSA) is 111 Å². The van der Waals surface area contributed by atoms with Gasteiger partial charge >= 0.3 is 5.97 Å². The molecule has 0 aromatic rings. The van der Waals surface area contributed by atoms with E-state index in [2.05, 4.69) is 23.6 Å². The molecule has 2 saturated heterocycles. The summed E-state index contributed by atoms with van der Waals surface area (Å²) in [6, 6.07) is -0.846. The lowest BCUT2D eigenvalue weighted by Gasteiger charge is -2.55. The Balaban J connectivity index is 1.42. The van der Waals surface area contributed by atoms with Gasteiger partial charge in [-0.3, -0.25) is 14.4 Å². The Morgan fingerprint density at radius 3 is 2.72 bits per heavy atom. The van der Waals surface area contributed by atoms with Crippen molar-refractivity contribution in [2.45, 2.75) is 77.0 Å². The predicted molar refractivity (Wildman–Crippen MR) is 115 cm³/mol. The molecule has 7 atom stereocenters. The van der Waals surface area contributed by atoms with Crippen LogP contribution >= 0.6 is 0 Å². The number of ketones is 1. The molecule has 0 aromatic carbocycles. The Labute approximate surface area is 188 Å². The number of ether oxygens (including phenoxy) is 2. The number of carbonyl (C=O) groups excluding carboxylic acids is 4. The van der Waals surface area contributed by atoms with Crippen molar-refractivity contribution in [2.75, 3.05) is 13.7 Å². The molecule has 8 nitrogen and oxygen atoms in total. The molecule has 5 unspecified atom stereocenters. The van der Waals surface area contributed by atoms with Crippen LogP contribution in [0.4, 0.5) is 0 Å². The highest BCUT2D eigenvalue weighted by Gasteiger charge is 2.71. The second-order valence-electron chi connectivity index (χ2n) is 10.5. The Bertz CT molecular complexity index is 871. The van der Waals surface area contributed by atoms with Crippen LogP contribution in [0, 0.1) is 22.7 Å². The van der Waals surface area contributed by atoms with Gasteiger partial charge in [-0.25, -0.2) is 4.79 Å². The number of esters is 1. The number of hydrogen-bond acceptors (Lipinski definition) is 6. The van der Waals surface area contributed by atoms with Gasteiger partial charge < -0.3 is 20.1 Å². The predicted octanol–water partition coefficient (Wildman–Crippen LogP) is 1.67. The molecule has 5 aliphatic rings. The zero-order valence-electron chi connectivity index (χ0n) is 19.4. The molecule has 4 fully saturated rings. The van der Waals surface area contributed by atoms with Gasteiger partial charge in [0.1, 0.15) is 6.04 Å². The fraction of sp³-hybridized carbons (Fsp3) is 0.750. The molecular weight excluding hydrogens is 412 g/mol. The molecule has 1 spiro atoms. The maximum Gasteiger partial charge on any atom is 0.328 e. The van der Waals surface area contributed by atoms with Crippen molar-refractivity contribution < 1.29 is 28.7 Å². The summed E-state index contributed by atoms with van der Waals surface area (Å²) >= 11 is 0. The highest BCUT2D eigenvalue weighted by Crippen LogP contribution is 2.71. The quantitative estimate of drug-likeness (QED) is 0.549. The lowest BCUT2D eigenvalue weighted by molar-refractivity contribution is -0.169. The van der Waals surface area contributed by atoms with Crippen LogP contribution in [-0.4, -0.2) is 55.0 Å². The molecule has 8 heteroatoms. The number of hydrogen-bond donors (Lipinski definition) is 2. The first-order chi connectivity index (χ1) is 15.0. The Morgan fingerprint density at radius 2 is 2.06 bits per heavy atom. The van der Waals surface area contributed by atoms with E-state index in [0.717, 1.165) is 19.3 Å². The Hall–Kier alpha value is -2.22. The number of carbonyl (C=O) groups is 4. The molecule has 3 aliphatic carbocycles. The smallest absolute Gasteiger partial charge is 0.328 e. The fourth-order valence-corrected chi connectivity index (χ4v) is 7.06. The zero-order valence-corrected chi connectivity index (χ0v) is 19.4. The number of amides is 2. The Morgan fingerprint density at radius 1 is 1.31 bits per heavy atom. The third-order valence-electron chi connectivity index (χ3n) is 8.41. The number of rotatable bonds is 8. The van der Waals surface area contributed by atoms with E-state index in [0.29, 0.717) is 12.3 Å². The van der Waals surface area contributed by atoms with E-state index < -0.39 is 17.4 Å². The van der Waals surface area contributed by atoms with Crippen molar-refractivity contribution in [3.8, 4) is 0 Å². The summed E-state index contributed by atoms with van der Waals surface area (Å²) in [6.07, 6.45) is 7.64. The van der Waals surface area contributed by atoms with Crippen LogP contribution in [0.2, 0.25) is 0 Å². The maximum absolute atomic E-state index is 13.1. The third-order valence-corrected chi connectivity index (χ3v) is 8.41. The van der Waals surface area contributed by atoms with Crippen molar-refractivity contribution in [3.05, 3.63) is 12.2 Å². The molecule has 2 aliphatic heterocycles. The van der Waals surface area contributed by atoms with Crippen LogP contribution < -0.4 is 10.6 Å². The molecule has 176 valence electrons. The monoisotopic (exact) mass is 446 g/mol. The minimum Gasteiger partial charge on any atom is -0.467 e. The van der Waals surface area contributed by atoms with Gasteiger partial charge in [-0.05, 0) is 56.4 Å². The van der Waals surface area contributed by atoms with Crippen molar-refractivity contribution in [1.82, 2.24) is 10.6 Å². The van der Waals surface area contributed by atoms with Crippen LogP contribution in [0.1, 0.15) is 59.3 Å². The lowest BCUT2D eigenvalue weighted by Crippen LogP contribution is -2.56. The highest BCUT2D eigenvalue weighted by molar-refractivity contribution is 5.96. The van der Waals surface area contributed by atoms with Crippen molar-refractivity contribution in [2.24, 2.45) is 22.7 Å². The van der Waals surface area contributed by atoms with Gasteiger partial charge in [-0.1, -0.05) is 13.0 Å². The van der Waals surface area contributed by atoms with Crippen molar-refractivity contribution >= 4 is 23.6 Å². The first kappa shape index (κ1) is 23.0. The van der Waals surface area contributed by atoms with E-state index >= 15 is 0 Å². The summed E-state index contributed by atoms with van der Waals surface area (Å²) in [4.78, 5) is 49.0. The van der Waals surface area contributed by atoms with Crippen LogP contribution in [0.15, 0.2) is 12.2 Å². The number of nitrogens with one attached hydrogen (secondary N) is 2. The molecule has 0 radical (unpaired) electrons. The van der Waals surface area contributed by atoms with E-state index in [1.54, 1.807) is 6.08 Å². The first-order valence-electron chi connectivity index (χ1n) is 11.6. The second-order valence-corrected chi connectivity index (χ2v) is 10.5. The van der Waals surface area contributed by atoms with Crippen LogP contribution in [0.5, 0.6) is 0 Å². The van der Waals surface area contributed by atoms with E-state index in [9.17, 15) is 19.2 Å². The largest absolute Gasteiger partial charge is 0.467 e. The van der Waals surface area contributed by atoms with E-state index in [-0.39, 0.29) is 60.0 Å². The standard InChI is InChI=1S/C24H34N2O6/c1-14(27)25-10-7-16(21(30)31-4)26-19(29)6-8-22(2)18(28)5-9-24-12-15-11-17(20(22)24)32-23(15,3)13-24/h5,9,15-17,20H,6-8,10-13H2,1-4H3,(H,25,27)(H,26,29)/t15?,16-,17?,20?,22+,23?,24?/m0/s1. The molecule has 2 heterocycles. The normalized spacial score (nSPS) is 39.5. The van der Waals surface area contributed by atoms with E-state index in [1.807, 2.05) is 6.92 Å². The SMILES string of the molecule is COC(=O)[C@H](CCNC(C)=O)NC(=O)CC[C@]1(C)C(=O)C=CC23CC4CC(OC4(C)C2)C31. The van der Waals surface area contributed by atoms with Crippen LogP contribution in [0.25, 0.3) is 0 Å². The summed E-state index contributed by atoms with van der Waals surface area (Å²) in [5.74, 6) is -0.403.